The van der Waals surface area contributed by atoms with Crippen LogP contribution in [0.15, 0.2) is 0 Å². The van der Waals surface area contributed by atoms with E-state index in [9.17, 15) is 13.8 Å². The Balaban J connectivity index is 3.47. The van der Waals surface area contributed by atoms with Crippen molar-refractivity contribution in [3.63, 3.8) is 0 Å². The Bertz CT molecular complexity index is 184. The van der Waals surface area contributed by atoms with Gasteiger partial charge in [-0.05, 0) is 0 Å². The summed E-state index contributed by atoms with van der Waals surface area (Å²) in [6, 6.07) is 0. The Hall–Kier alpha value is -0.910. The van der Waals surface area contributed by atoms with Gasteiger partial charge in [-0.15, -0.1) is 0 Å². The zero-order chi connectivity index (χ0) is 9.56. The van der Waals surface area contributed by atoms with Crippen LogP contribution in [-0.4, -0.2) is 39.7 Å². The van der Waals surface area contributed by atoms with Crippen LogP contribution < -0.4 is 5.32 Å². The summed E-state index contributed by atoms with van der Waals surface area (Å²) in [4.78, 5) is 20.7. The van der Waals surface area contributed by atoms with Crippen LogP contribution in [0.2, 0.25) is 0 Å². The van der Waals surface area contributed by atoms with E-state index in [0.29, 0.717) is 0 Å². The lowest BCUT2D eigenvalue weighted by atomic mass is 10.4. The van der Waals surface area contributed by atoms with Crippen molar-refractivity contribution < 1.29 is 18.9 Å². The minimum atomic E-state index is -1.08. The molecule has 12 heavy (non-hydrogen) atoms. The highest BCUT2D eigenvalue weighted by molar-refractivity contribution is 7.84. The van der Waals surface area contributed by atoms with Crippen molar-refractivity contribution in [2.45, 2.75) is 6.42 Å². The Labute approximate surface area is 72.6 Å². The molecule has 5 nitrogen and oxygen atoms in total. The number of hydrogen-bond donors (Lipinski definition) is 2. The molecule has 0 fully saturated rings. The summed E-state index contributed by atoms with van der Waals surface area (Å²) in [6.07, 6.45) is 1.60. The van der Waals surface area contributed by atoms with Crippen molar-refractivity contribution in [3.05, 3.63) is 0 Å². The third-order valence-electron chi connectivity index (χ3n) is 1.05. The first-order valence-electron chi connectivity index (χ1n) is 3.31. The van der Waals surface area contributed by atoms with Crippen molar-refractivity contribution in [3.8, 4) is 0 Å². The van der Waals surface area contributed by atoms with Crippen LogP contribution in [0, 0.1) is 0 Å². The van der Waals surface area contributed by atoms with Gasteiger partial charge in [-0.1, -0.05) is 0 Å². The van der Waals surface area contributed by atoms with Crippen LogP contribution in [0.4, 0.5) is 0 Å². The molecule has 0 heterocycles. The van der Waals surface area contributed by atoms with Crippen LogP contribution in [0.25, 0.3) is 0 Å². The van der Waals surface area contributed by atoms with Gasteiger partial charge in [0.25, 0.3) is 0 Å². The molecule has 1 atom stereocenters. The second-order valence-corrected chi connectivity index (χ2v) is 3.75. The predicted molar refractivity (Wildman–Crippen MR) is 44.2 cm³/mol. The normalized spacial score (nSPS) is 12.1. The molecule has 0 saturated heterocycles. The average molecular weight is 193 g/mol. The molecule has 1 unspecified atom stereocenters. The minimum absolute atomic E-state index is 0.108. The Kier molecular flexibility index (Phi) is 5.27. The van der Waals surface area contributed by atoms with Crippen molar-refractivity contribution >= 4 is 22.7 Å². The standard InChI is InChI=1S/C6H11NO4S/c1-12(11)3-2-5(8)7-4-6(9)10/h2-4H2,1H3,(H,7,8)(H,9,10). The zero-order valence-corrected chi connectivity index (χ0v) is 7.52. The van der Waals surface area contributed by atoms with E-state index in [1.54, 1.807) is 0 Å². The van der Waals surface area contributed by atoms with Gasteiger partial charge >= 0.3 is 5.97 Å². The van der Waals surface area contributed by atoms with Crippen molar-refractivity contribution in [1.29, 1.82) is 0 Å². The molecular formula is C6H11NO4S. The van der Waals surface area contributed by atoms with Gasteiger partial charge in [0.15, 0.2) is 0 Å². The molecule has 2 N–H and O–H groups in total. The maximum atomic E-state index is 10.7. The lowest BCUT2D eigenvalue weighted by Gasteiger charge is -1.99. The summed E-state index contributed by atoms with van der Waals surface area (Å²) in [5.74, 6) is -1.19. The number of hydrogen-bond acceptors (Lipinski definition) is 3. The zero-order valence-electron chi connectivity index (χ0n) is 6.70. The molecule has 0 aliphatic carbocycles. The highest BCUT2D eigenvalue weighted by Crippen LogP contribution is 1.83. The van der Waals surface area contributed by atoms with Gasteiger partial charge in [-0.25, -0.2) is 0 Å². The molecule has 1 amide bonds. The SMILES string of the molecule is CS(=O)CCC(=O)NCC(=O)O. The summed E-state index contributed by atoms with van der Waals surface area (Å²) in [5, 5.41) is 10.3. The Morgan fingerprint density at radius 1 is 1.50 bits per heavy atom. The van der Waals surface area contributed by atoms with E-state index in [0.717, 1.165) is 0 Å². The first-order valence-corrected chi connectivity index (χ1v) is 5.03. The topological polar surface area (TPSA) is 83.5 Å². The number of carboxylic acid groups (broad SMARTS) is 1. The van der Waals surface area contributed by atoms with Crippen molar-refractivity contribution in [2.24, 2.45) is 0 Å². The molecule has 0 aromatic heterocycles. The summed E-state index contributed by atoms with van der Waals surface area (Å²) in [7, 11) is -1.01. The van der Waals surface area contributed by atoms with Gasteiger partial charge in [0.2, 0.25) is 5.91 Å². The minimum Gasteiger partial charge on any atom is -0.480 e. The fraction of sp³-hybridized carbons (Fsp3) is 0.667. The average Bonchev–Trinajstić information content (AvgIpc) is 1.96. The fourth-order valence-electron chi connectivity index (χ4n) is 0.499. The fourth-order valence-corrected chi connectivity index (χ4v) is 0.972. The maximum absolute atomic E-state index is 10.7. The Morgan fingerprint density at radius 2 is 2.08 bits per heavy atom. The van der Waals surface area contributed by atoms with Crippen LogP contribution in [0.3, 0.4) is 0 Å². The monoisotopic (exact) mass is 193 g/mol. The largest absolute Gasteiger partial charge is 0.480 e. The number of carboxylic acids is 1. The van der Waals surface area contributed by atoms with Gasteiger partial charge in [-0.2, -0.15) is 0 Å². The number of nitrogens with one attached hydrogen (secondary N) is 1. The van der Waals surface area contributed by atoms with Gasteiger partial charge in [0, 0.05) is 29.2 Å². The van der Waals surface area contributed by atoms with E-state index in [2.05, 4.69) is 5.32 Å². The summed E-state index contributed by atoms with van der Waals surface area (Å²) < 4.78 is 10.5. The molecule has 0 saturated carbocycles. The second kappa shape index (κ2) is 5.70. The highest BCUT2D eigenvalue weighted by atomic mass is 32.2. The molecular weight excluding hydrogens is 182 g/mol. The molecule has 0 aromatic rings. The number of amides is 1. The second-order valence-electron chi connectivity index (χ2n) is 2.20. The van der Waals surface area contributed by atoms with E-state index >= 15 is 0 Å². The smallest absolute Gasteiger partial charge is 0.322 e. The first kappa shape index (κ1) is 11.1. The molecule has 0 aliphatic heterocycles. The third kappa shape index (κ3) is 7.20. The van der Waals surface area contributed by atoms with Crippen LogP contribution in [0.5, 0.6) is 0 Å². The van der Waals surface area contributed by atoms with E-state index < -0.39 is 16.8 Å². The molecule has 6 heteroatoms. The third-order valence-corrected chi connectivity index (χ3v) is 1.83. The number of carbonyl (C=O) groups excluding carboxylic acids is 1. The lowest BCUT2D eigenvalue weighted by Crippen LogP contribution is -2.29. The molecule has 0 spiro atoms. The van der Waals surface area contributed by atoms with Crippen LogP contribution in [0.1, 0.15) is 6.42 Å². The van der Waals surface area contributed by atoms with Gasteiger partial charge in [0.1, 0.15) is 6.54 Å². The molecule has 0 aliphatic rings. The quantitative estimate of drug-likeness (QED) is 0.584. The highest BCUT2D eigenvalue weighted by Gasteiger charge is 2.03. The molecule has 0 bridgehead atoms. The predicted octanol–water partition coefficient (Wildman–Crippen LogP) is -1.04. The molecule has 0 rings (SSSR count). The molecule has 0 radical (unpaired) electrons. The van der Waals surface area contributed by atoms with Crippen molar-refractivity contribution in [2.75, 3.05) is 18.6 Å². The van der Waals surface area contributed by atoms with E-state index in [1.165, 1.54) is 6.26 Å². The summed E-state index contributed by atoms with van der Waals surface area (Å²) >= 11 is 0. The van der Waals surface area contributed by atoms with Gasteiger partial charge < -0.3 is 10.4 Å². The van der Waals surface area contributed by atoms with Gasteiger partial charge in [-0.3, -0.25) is 13.8 Å². The van der Waals surface area contributed by atoms with E-state index in [-0.39, 0.29) is 24.6 Å². The molecule has 70 valence electrons. The lowest BCUT2D eigenvalue weighted by molar-refractivity contribution is -0.137. The molecule has 0 aromatic carbocycles. The number of rotatable bonds is 5. The Morgan fingerprint density at radius 3 is 2.50 bits per heavy atom. The van der Waals surface area contributed by atoms with Crippen LogP contribution in [-0.2, 0) is 20.4 Å². The summed E-state index contributed by atoms with van der Waals surface area (Å²) in [6.45, 7) is -0.380. The summed E-state index contributed by atoms with van der Waals surface area (Å²) in [5.41, 5.74) is 0. The van der Waals surface area contributed by atoms with Crippen LogP contribution >= 0.6 is 0 Å². The van der Waals surface area contributed by atoms with E-state index in [1.807, 2.05) is 0 Å². The first-order chi connectivity index (χ1) is 5.52. The van der Waals surface area contributed by atoms with Gasteiger partial charge in [0.05, 0.1) is 0 Å². The van der Waals surface area contributed by atoms with Crippen molar-refractivity contribution in [1.82, 2.24) is 5.32 Å². The van der Waals surface area contributed by atoms with E-state index in [4.69, 9.17) is 5.11 Å². The maximum Gasteiger partial charge on any atom is 0.322 e. The number of aliphatic carboxylic acids is 1. The number of carbonyl (C=O) groups is 2.